The number of rotatable bonds is 5. The van der Waals surface area contributed by atoms with Crippen LogP contribution in [0.1, 0.15) is 17.0 Å². The second-order valence-corrected chi connectivity index (χ2v) is 6.74. The lowest BCUT2D eigenvalue weighted by Gasteiger charge is -2.09. The number of hydrogen-bond acceptors (Lipinski definition) is 3. The molecule has 4 aromatic rings. The van der Waals surface area contributed by atoms with Gasteiger partial charge in [0, 0.05) is 5.56 Å². The van der Waals surface area contributed by atoms with E-state index in [1.807, 2.05) is 30.3 Å². The van der Waals surface area contributed by atoms with Crippen molar-refractivity contribution in [2.75, 3.05) is 0 Å². The average Bonchev–Trinajstić information content (AvgIpc) is 3.16. The number of benzene rings is 3. The second-order valence-electron chi connectivity index (χ2n) is 6.33. The Bertz CT molecular complexity index is 1200. The zero-order valence-electron chi connectivity index (χ0n) is 15.2. The maximum Gasteiger partial charge on any atom is 0.149 e. The van der Waals surface area contributed by atoms with Gasteiger partial charge in [-0.1, -0.05) is 41.9 Å². The highest BCUT2D eigenvalue weighted by atomic mass is 35.5. The van der Waals surface area contributed by atoms with Crippen molar-refractivity contribution in [2.24, 2.45) is 0 Å². The number of aromatic amines is 1. The smallest absolute Gasteiger partial charge is 0.149 e. The minimum atomic E-state index is -0.412. The van der Waals surface area contributed by atoms with Crippen LogP contribution >= 0.6 is 11.6 Å². The van der Waals surface area contributed by atoms with Crippen LogP contribution in [0.4, 0.5) is 4.39 Å². The first-order chi connectivity index (χ1) is 14.1. The summed E-state index contributed by atoms with van der Waals surface area (Å²) in [5, 5.41) is 9.90. The van der Waals surface area contributed by atoms with Gasteiger partial charge in [-0.3, -0.25) is 0 Å². The largest absolute Gasteiger partial charge is 0.489 e. The van der Waals surface area contributed by atoms with E-state index < -0.39 is 5.82 Å². The molecule has 0 aliphatic rings. The van der Waals surface area contributed by atoms with E-state index in [9.17, 15) is 9.65 Å². The number of fused-ring (bicyclic) bond motifs is 1. The minimum absolute atomic E-state index is 0.00730. The summed E-state index contributed by atoms with van der Waals surface area (Å²) < 4.78 is 19.6. The molecule has 0 spiro atoms. The standard InChI is InChI=1S/C23H15ClFN3O/c24-19-7-4-8-20(25)18(19)14-29-17-6-3-5-15(12-17)11-16(13-26)23-27-21-9-1-2-10-22(21)28-23/h1-12H,14H2,(H,27,28)/b16-11-. The van der Waals surface area contributed by atoms with Crippen LogP contribution in [-0.4, -0.2) is 9.97 Å². The van der Waals surface area contributed by atoms with Crippen LogP contribution in [0, 0.1) is 17.1 Å². The van der Waals surface area contributed by atoms with Crippen molar-refractivity contribution in [1.29, 1.82) is 5.26 Å². The first-order valence-corrected chi connectivity index (χ1v) is 9.24. The minimum Gasteiger partial charge on any atom is -0.489 e. The number of para-hydroxylation sites is 2. The van der Waals surface area contributed by atoms with E-state index >= 15 is 0 Å². The maximum absolute atomic E-state index is 13.9. The summed E-state index contributed by atoms with van der Waals surface area (Å²) in [6.07, 6.45) is 1.72. The highest BCUT2D eigenvalue weighted by Crippen LogP contribution is 2.24. The number of imidazole rings is 1. The van der Waals surface area contributed by atoms with E-state index in [0.717, 1.165) is 16.6 Å². The number of halogens is 2. The van der Waals surface area contributed by atoms with Gasteiger partial charge in [-0.05, 0) is 48.0 Å². The Hall–Kier alpha value is -3.62. The fourth-order valence-corrected chi connectivity index (χ4v) is 3.14. The predicted octanol–water partition coefficient (Wildman–Crippen LogP) is 6.00. The van der Waals surface area contributed by atoms with Crippen LogP contribution < -0.4 is 4.74 Å². The van der Waals surface area contributed by atoms with Gasteiger partial charge in [-0.25, -0.2) is 9.37 Å². The Morgan fingerprint density at radius 3 is 2.76 bits per heavy atom. The average molecular weight is 404 g/mol. The third-order valence-electron chi connectivity index (χ3n) is 4.38. The Balaban J connectivity index is 1.58. The van der Waals surface area contributed by atoms with Crippen LogP contribution in [0.2, 0.25) is 5.02 Å². The van der Waals surface area contributed by atoms with Crippen molar-refractivity contribution in [3.05, 3.63) is 94.5 Å². The second kappa shape index (κ2) is 8.17. The summed E-state index contributed by atoms with van der Waals surface area (Å²) in [6, 6.07) is 21.5. The maximum atomic E-state index is 13.9. The van der Waals surface area contributed by atoms with Crippen LogP contribution in [0.15, 0.2) is 66.7 Å². The number of ether oxygens (including phenoxy) is 1. The molecule has 0 fully saturated rings. The fourth-order valence-electron chi connectivity index (χ4n) is 2.92. The molecule has 3 aromatic carbocycles. The Morgan fingerprint density at radius 1 is 1.14 bits per heavy atom. The van der Waals surface area contributed by atoms with Crippen molar-refractivity contribution >= 4 is 34.3 Å². The molecule has 0 aliphatic heterocycles. The van der Waals surface area contributed by atoms with Crippen molar-refractivity contribution < 1.29 is 9.13 Å². The summed E-state index contributed by atoms with van der Waals surface area (Å²) in [4.78, 5) is 7.62. The molecule has 142 valence electrons. The van der Waals surface area contributed by atoms with Crippen LogP contribution in [0.25, 0.3) is 22.7 Å². The molecule has 29 heavy (non-hydrogen) atoms. The molecule has 0 amide bonds. The van der Waals surface area contributed by atoms with Gasteiger partial charge in [-0.2, -0.15) is 5.26 Å². The Labute approximate surface area is 171 Å². The number of allylic oxidation sites excluding steroid dienone is 1. The number of nitrogens with one attached hydrogen (secondary N) is 1. The molecule has 4 rings (SSSR count). The van der Waals surface area contributed by atoms with Crippen LogP contribution in [-0.2, 0) is 6.61 Å². The van der Waals surface area contributed by atoms with E-state index in [1.165, 1.54) is 6.07 Å². The molecule has 0 bridgehead atoms. The summed E-state index contributed by atoms with van der Waals surface area (Å²) in [6.45, 7) is 0.00730. The quantitative estimate of drug-likeness (QED) is 0.416. The van der Waals surface area contributed by atoms with Crippen molar-refractivity contribution in [2.45, 2.75) is 6.61 Å². The third-order valence-corrected chi connectivity index (χ3v) is 4.73. The highest BCUT2D eigenvalue weighted by Gasteiger charge is 2.09. The molecule has 4 nitrogen and oxygen atoms in total. The lowest BCUT2D eigenvalue weighted by atomic mass is 10.1. The normalized spacial score (nSPS) is 11.4. The molecule has 0 radical (unpaired) electrons. The first-order valence-electron chi connectivity index (χ1n) is 8.87. The number of aromatic nitrogens is 2. The molecule has 1 heterocycles. The van der Waals surface area contributed by atoms with Crippen molar-refractivity contribution in [1.82, 2.24) is 9.97 Å². The van der Waals surface area contributed by atoms with Crippen LogP contribution in [0.3, 0.4) is 0 Å². The van der Waals surface area contributed by atoms with E-state index in [-0.39, 0.29) is 6.61 Å². The summed E-state index contributed by atoms with van der Waals surface area (Å²) in [7, 11) is 0. The summed E-state index contributed by atoms with van der Waals surface area (Å²) >= 11 is 6.04. The molecule has 0 saturated carbocycles. The van der Waals surface area contributed by atoms with Gasteiger partial charge < -0.3 is 9.72 Å². The fraction of sp³-hybridized carbons (Fsp3) is 0.0435. The molecule has 6 heteroatoms. The lowest BCUT2D eigenvalue weighted by molar-refractivity contribution is 0.300. The van der Waals surface area contributed by atoms with Gasteiger partial charge in [0.2, 0.25) is 0 Å². The number of H-pyrrole nitrogens is 1. The van der Waals surface area contributed by atoms with Gasteiger partial charge in [0.25, 0.3) is 0 Å². The summed E-state index contributed by atoms with van der Waals surface area (Å²) in [5.74, 6) is 0.628. The molecule has 0 saturated heterocycles. The molecular weight excluding hydrogens is 389 g/mol. The van der Waals surface area contributed by atoms with Gasteiger partial charge >= 0.3 is 0 Å². The zero-order chi connectivity index (χ0) is 20.2. The molecule has 1 aromatic heterocycles. The third kappa shape index (κ3) is 4.13. The van der Waals surface area contributed by atoms with E-state index in [2.05, 4.69) is 16.0 Å². The predicted molar refractivity (Wildman–Crippen MR) is 112 cm³/mol. The Kier molecular flexibility index (Phi) is 5.28. The first kappa shape index (κ1) is 18.7. The monoisotopic (exact) mass is 403 g/mol. The van der Waals surface area contributed by atoms with E-state index in [4.69, 9.17) is 16.3 Å². The lowest BCUT2D eigenvalue weighted by Crippen LogP contribution is -1.99. The van der Waals surface area contributed by atoms with Crippen molar-refractivity contribution in [3.8, 4) is 11.8 Å². The zero-order valence-corrected chi connectivity index (χ0v) is 15.9. The molecule has 1 N–H and O–H groups in total. The van der Waals surface area contributed by atoms with Gasteiger partial charge in [-0.15, -0.1) is 0 Å². The topological polar surface area (TPSA) is 61.7 Å². The molecular formula is C23H15ClFN3O. The molecule has 0 unspecified atom stereocenters. The number of hydrogen-bond donors (Lipinski definition) is 1. The summed E-state index contributed by atoms with van der Waals surface area (Å²) in [5.41, 5.74) is 3.12. The van der Waals surface area contributed by atoms with Gasteiger partial charge in [0.05, 0.1) is 21.6 Å². The van der Waals surface area contributed by atoms with Crippen LogP contribution in [0.5, 0.6) is 5.75 Å². The highest BCUT2D eigenvalue weighted by molar-refractivity contribution is 6.31. The van der Waals surface area contributed by atoms with Crippen molar-refractivity contribution in [3.63, 3.8) is 0 Å². The Morgan fingerprint density at radius 2 is 1.97 bits per heavy atom. The van der Waals surface area contributed by atoms with E-state index in [1.54, 1.807) is 36.4 Å². The van der Waals surface area contributed by atoms with E-state index in [0.29, 0.717) is 27.7 Å². The van der Waals surface area contributed by atoms with Gasteiger partial charge in [0.15, 0.2) is 0 Å². The van der Waals surface area contributed by atoms with Gasteiger partial charge in [0.1, 0.15) is 30.1 Å². The molecule has 0 aliphatic carbocycles. The number of nitrogens with zero attached hydrogens (tertiary/aromatic N) is 2. The molecule has 0 atom stereocenters. The SMILES string of the molecule is N#C/C(=C/c1cccc(OCc2c(F)cccc2Cl)c1)c1nc2ccccc2[nH]1. The number of nitriles is 1.